The number of halogens is 3. The van der Waals surface area contributed by atoms with Crippen LogP contribution in [-0.2, 0) is 10.9 Å². The summed E-state index contributed by atoms with van der Waals surface area (Å²) in [5.41, 5.74) is 2.22. The van der Waals surface area contributed by atoms with Crippen LogP contribution in [0.4, 0.5) is 24.5 Å². The highest BCUT2D eigenvalue weighted by molar-refractivity contribution is 6.05. The second kappa shape index (κ2) is 12.1. The number of morpholine rings is 1. The zero-order chi connectivity index (χ0) is 27.6. The Balaban J connectivity index is 0.00000370. The molecule has 3 heterocycles. The van der Waals surface area contributed by atoms with Gasteiger partial charge in [0.2, 0.25) is 0 Å². The lowest BCUT2D eigenvalue weighted by Crippen LogP contribution is -2.49. The number of nitrogens with zero attached hydrogens (tertiary/aromatic N) is 5. The SMILES string of the molecule is Cc1c(C(=O)Nc2ccc(N3CCC(N4CCOCC4)CC3)c(C#N)c2)cnn1-c1ccc(C(F)(F)F)cc1.O. The molecule has 1 amide bonds. The molecule has 1 aromatic heterocycles. The molecular formula is C28H31F3N6O3. The number of nitrogens with one attached hydrogen (secondary N) is 1. The average molecular weight is 557 g/mol. The number of carbonyl (C=O) groups is 1. The quantitative estimate of drug-likeness (QED) is 0.511. The molecule has 0 radical (unpaired) electrons. The first kappa shape index (κ1) is 29.1. The second-order valence-corrected chi connectivity index (χ2v) is 9.76. The lowest BCUT2D eigenvalue weighted by Gasteiger charge is -2.41. The number of alkyl halides is 3. The minimum Gasteiger partial charge on any atom is -0.412 e. The van der Waals surface area contributed by atoms with E-state index in [0.717, 1.165) is 70.1 Å². The fraction of sp³-hybridized carbons (Fsp3) is 0.393. The molecule has 3 N–H and O–H groups in total. The summed E-state index contributed by atoms with van der Waals surface area (Å²) in [5, 5.41) is 16.8. The van der Waals surface area contributed by atoms with Crippen molar-refractivity contribution in [2.24, 2.45) is 0 Å². The van der Waals surface area contributed by atoms with E-state index < -0.39 is 17.6 Å². The fourth-order valence-electron chi connectivity index (χ4n) is 5.28. The van der Waals surface area contributed by atoms with Crippen molar-refractivity contribution in [1.29, 1.82) is 5.26 Å². The van der Waals surface area contributed by atoms with Gasteiger partial charge < -0.3 is 20.4 Å². The van der Waals surface area contributed by atoms with Crippen molar-refractivity contribution in [1.82, 2.24) is 14.7 Å². The molecule has 2 aromatic carbocycles. The number of anilines is 2. The third-order valence-electron chi connectivity index (χ3n) is 7.44. The van der Waals surface area contributed by atoms with Crippen molar-refractivity contribution in [2.75, 3.05) is 49.6 Å². The van der Waals surface area contributed by atoms with Crippen LogP contribution in [0.2, 0.25) is 0 Å². The summed E-state index contributed by atoms with van der Waals surface area (Å²) in [6, 6.07) is 12.7. The topological polar surface area (TPSA) is 118 Å². The van der Waals surface area contributed by atoms with Crippen LogP contribution in [0.25, 0.3) is 5.69 Å². The van der Waals surface area contributed by atoms with E-state index in [1.165, 1.54) is 23.0 Å². The molecule has 5 rings (SSSR count). The highest BCUT2D eigenvalue weighted by Crippen LogP contribution is 2.31. The van der Waals surface area contributed by atoms with E-state index in [1.54, 1.807) is 19.1 Å². The maximum absolute atomic E-state index is 13.0. The minimum absolute atomic E-state index is 0. The zero-order valence-electron chi connectivity index (χ0n) is 22.0. The van der Waals surface area contributed by atoms with E-state index in [2.05, 4.69) is 26.3 Å². The molecule has 3 aromatic rings. The Morgan fingerprint density at radius 3 is 2.38 bits per heavy atom. The number of nitriles is 1. The number of hydrogen-bond donors (Lipinski definition) is 1. The van der Waals surface area contributed by atoms with Gasteiger partial charge in [-0.25, -0.2) is 4.68 Å². The van der Waals surface area contributed by atoms with Crippen LogP contribution in [0.1, 0.15) is 40.0 Å². The summed E-state index contributed by atoms with van der Waals surface area (Å²) in [6.07, 6.45) is -1.02. The molecule has 12 heteroatoms. The first-order valence-electron chi connectivity index (χ1n) is 12.9. The standard InChI is InChI=1S/C28H29F3N6O2.H2O/c1-19-25(18-33-37(19)24-5-2-21(3-6-24)28(29,30)31)27(38)34-22-4-7-26(20(16-22)17-32)36-10-8-23(9-11-36)35-12-14-39-15-13-35;/h2-7,16,18,23H,8-15H2,1H3,(H,34,38);1H2. The van der Waals surface area contributed by atoms with Gasteiger partial charge in [0.05, 0.1) is 53.2 Å². The monoisotopic (exact) mass is 556 g/mol. The molecule has 0 aliphatic carbocycles. The fourth-order valence-corrected chi connectivity index (χ4v) is 5.28. The Morgan fingerprint density at radius 2 is 1.75 bits per heavy atom. The Bertz CT molecular complexity index is 1370. The smallest absolute Gasteiger partial charge is 0.412 e. The number of carbonyl (C=O) groups excluding carboxylic acids is 1. The first-order valence-corrected chi connectivity index (χ1v) is 12.9. The van der Waals surface area contributed by atoms with Gasteiger partial charge in [0, 0.05) is 37.9 Å². The second-order valence-electron chi connectivity index (χ2n) is 9.76. The summed E-state index contributed by atoms with van der Waals surface area (Å²) >= 11 is 0. The molecule has 0 unspecified atom stereocenters. The molecule has 2 saturated heterocycles. The van der Waals surface area contributed by atoms with Crippen LogP contribution < -0.4 is 10.2 Å². The summed E-state index contributed by atoms with van der Waals surface area (Å²) in [7, 11) is 0. The van der Waals surface area contributed by atoms with Gasteiger partial charge in [-0.3, -0.25) is 9.69 Å². The Labute approximate surface area is 230 Å². The molecule has 9 nitrogen and oxygen atoms in total. The van der Waals surface area contributed by atoms with Crippen LogP contribution in [0.15, 0.2) is 48.7 Å². The van der Waals surface area contributed by atoms with E-state index in [9.17, 15) is 23.2 Å². The number of rotatable bonds is 5. The molecule has 0 saturated carbocycles. The minimum atomic E-state index is -4.43. The summed E-state index contributed by atoms with van der Waals surface area (Å²) < 4.78 is 45.5. The molecular weight excluding hydrogens is 525 g/mol. The van der Waals surface area contributed by atoms with Crippen LogP contribution >= 0.6 is 0 Å². The summed E-state index contributed by atoms with van der Waals surface area (Å²) in [5.74, 6) is -0.423. The van der Waals surface area contributed by atoms with E-state index in [-0.39, 0.29) is 11.0 Å². The van der Waals surface area contributed by atoms with Crippen molar-refractivity contribution in [2.45, 2.75) is 32.0 Å². The van der Waals surface area contributed by atoms with Gasteiger partial charge in [0.15, 0.2) is 0 Å². The van der Waals surface area contributed by atoms with Crippen LogP contribution in [0.3, 0.4) is 0 Å². The van der Waals surface area contributed by atoms with E-state index in [0.29, 0.717) is 28.7 Å². The third-order valence-corrected chi connectivity index (χ3v) is 7.44. The van der Waals surface area contributed by atoms with Crippen LogP contribution in [0, 0.1) is 18.3 Å². The number of aromatic nitrogens is 2. The molecule has 2 fully saturated rings. The molecule has 0 spiro atoms. The van der Waals surface area contributed by atoms with E-state index >= 15 is 0 Å². The maximum atomic E-state index is 13.0. The van der Waals surface area contributed by atoms with Crippen molar-refractivity contribution in [3.05, 3.63) is 71.0 Å². The summed E-state index contributed by atoms with van der Waals surface area (Å²) in [4.78, 5) is 17.7. The predicted octanol–water partition coefficient (Wildman–Crippen LogP) is 3.80. The molecule has 0 bridgehead atoms. The normalized spacial score (nSPS) is 16.7. The Kier molecular flexibility index (Phi) is 8.78. The molecule has 212 valence electrons. The average Bonchev–Trinajstić information content (AvgIpc) is 3.34. The van der Waals surface area contributed by atoms with Crippen molar-refractivity contribution >= 4 is 17.3 Å². The van der Waals surface area contributed by atoms with Crippen LogP contribution in [-0.4, -0.2) is 71.5 Å². The van der Waals surface area contributed by atoms with E-state index in [1.807, 2.05) is 6.07 Å². The Hall–Kier alpha value is -3.92. The van der Waals surface area contributed by atoms with Crippen molar-refractivity contribution in [3.63, 3.8) is 0 Å². The summed E-state index contributed by atoms with van der Waals surface area (Å²) in [6.45, 7) is 6.86. The number of benzene rings is 2. The maximum Gasteiger partial charge on any atom is 0.416 e. The number of hydrogen-bond acceptors (Lipinski definition) is 6. The largest absolute Gasteiger partial charge is 0.416 e. The van der Waals surface area contributed by atoms with Crippen LogP contribution in [0.5, 0.6) is 0 Å². The number of amides is 1. The van der Waals surface area contributed by atoms with Gasteiger partial charge in [0.1, 0.15) is 6.07 Å². The van der Waals surface area contributed by atoms with E-state index in [4.69, 9.17) is 4.74 Å². The highest BCUT2D eigenvalue weighted by atomic mass is 19.4. The highest BCUT2D eigenvalue weighted by Gasteiger charge is 2.30. The van der Waals surface area contributed by atoms with Gasteiger partial charge in [-0.15, -0.1) is 0 Å². The molecule has 2 aliphatic heterocycles. The van der Waals surface area contributed by atoms with Gasteiger partial charge in [-0.1, -0.05) is 0 Å². The number of piperidine rings is 1. The number of ether oxygens (including phenoxy) is 1. The van der Waals surface area contributed by atoms with Gasteiger partial charge in [-0.05, 0) is 62.2 Å². The van der Waals surface area contributed by atoms with Crippen molar-refractivity contribution in [3.8, 4) is 11.8 Å². The Morgan fingerprint density at radius 1 is 1.07 bits per heavy atom. The van der Waals surface area contributed by atoms with Crippen molar-refractivity contribution < 1.29 is 28.2 Å². The third kappa shape index (κ3) is 6.12. The molecule has 40 heavy (non-hydrogen) atoms. The lowest BCUT2D eigenvalue weighted by atomic mass is 10.0. The van der Waals surface area contributed by atoms with Gasteiger partial charge in [0.25, 0.3) is 5.91 Å². The first-order chi connectivity index (χ1) is 18.7. The van der Waals surface area contributed by atoms with Gasteiger partial charge in [-0.2, -0.15) is 23.5 Å². The predicted molar refractivity (Wildman–Crippen MR) is 144 cm³/mol. The molecule has 0 atom stereocenters. The molecule has 2 aliphatic rings. The lowest BCUT2D eigenvalue weighted by molar-refractivity contribution is -0.137. The zero-order valence-corrected chi connectivity index (χ0v) is 22.0. The van der Waals surface area contributed by atoms with Gasteiger partial charge >= 0.3 is 6.18 Å².